The molecule has 0 saturated carbocycles. The lowest BCUT2D eigenvalue weighted by molar-refractivity contribution is 0.414. The topological polar surface area (TPSA) is 27.1 Å². The first kappa shape index (κ1) is 12.7. The van der Waals surface area contributed by atoms with Crippen molar-refractivity contribution in [3.63, 3.8) is 0 Å². The number of nitrogens with zero attached hydrogens (tertiary/aromatic N) is 2. The standard InChI is InChI=1S/C15H19N2O/c1-12(2)10-14-8-9-16-17(14)11-13-4-6-15(18-3)7-5-13/h4-10,12H,11H2,1-3H3. The monoisotopic (exact) mass is 243 g/mol. The summed E-state index contributed by atoms with van der Waals surface area (Å²) in [5.74, 6) is 1.41. The highest BCUT2D eigenvalue weighted by atomic mass is 16.5. The first-order valence-corrected chi connectivity index (χ1v) is 6.18. The molecule has 95 valence electrons. The molecule has 0 aliphatic rings. The van der Waals surface area contributed by atoms with Crippen molar-refractivity contribution in [3.8, 4) is 5.75 Å². The van der Waals surface area contributed by atoms with E-state index in [0.717, 1.165) is 12.3 Å². The predicted octanol–water partition coefficient (Wildman–Crippen LogP) is 3.15. The molecule has 0 amide bonds. The van der Waals surface area contributed by atoms with Crippen molar-refractivity contribution in [2.45, 2.75) is 20.4 Å². The molecule has 1 radical (unpaired) electrons. The number of hydrogen-bond acceptors (Lipinski definition) is 2. The van der Waals surface area contributed by atoms with E-state index in [-0.39, 0.29) is 0 Å². The molecule has 0 atom stereocenters. The zero-order chi connectivity index (χ0) is 13.0. The fraction of sp³-hybridized carbons (Fsp3) is 0.333. The van der Waals surface area contributed by atoms with Crippen molar-refractivity contribution >= 4 is 0 Å². The van der Waals surface area contributed by atoms with Gasteiger partial charge in [-0.3, -0.25) is 4.68 Å². The Morgan fingerprint density at radius 1 is 1.22 bits per heavy atom. The summed E-state index contributed by atoms with van der Waals surface area (Å²) in [6.07, 6.45) is 4.06. The summed E-state index contributed by atoms with van der Waals surface area (Å²) in [7, 11) is 1.68. The van der Waals surface area contributed by atoms with Crippen molar-refractivity contribution in [3.05, 3.63) is 54.2 Å². The van der Waals surface area contributed by atoms with Crippen LogP contribution in [-0.2, 0) is 6.54 Å². The molecule has 0 unspecified atom stereocenters. The summed E-state index contributed by atoms with van der Waals surface area (Å²) in [6, 6.07) is 10.1. The van der Waals surface area contributed by atoms with Gasteiger partial charge in [-0.2, -0.15) is 5.10 Å². The normalized spacial score (nSPS) is 10.9. The highest BCUT2D eigenvalue weighted by Crippen LogP contribution is 2.15. The Morgan fingerprint density at radius 3 is 2.56 bits per heavy atom. The van der Waals surface area contributed by atoms with E-state index in [0.29, 0.717) is 5.92 Å². The van der Waals surface area contributed by atoms with Gasteiger partial charge in [-0.1, -0.05) is 26.0 Å². The molecule has 1 aromatic carbocycles. The lowest BCUT2D eigenvalue weighted by atomic mass is 10.1. The van der Waals surface area contributed by atoms with Gasteiger partial charge >= 0.3 is 0 Å². The molecule has 0 fully saturated rings. The van der Waals surface area contributed by atoms with Gasteiger partial charge in [0.25, 0.3) is 0 Å². The van der Waals surface area contributed by atoms with Gasteiger partial charge < -0.3 is 4.74 Å². The van der Waals surface area contributed by atoms with E-state index in [1.54, 1.807) is 7.11 Å². The Morgan fingerprint density at radius 2 is 1.94 bits per heavy atom. The largest absolute Gasteiger partial charge is 0.497 e. The minimum absolute atomic E-state index is 0.524. The highest BCUT2D eigenvalue weighted by molar-refractivity contribution is 5.27. The van der Waals surface area contributed by atoms with E-state index >= 15 is 0 Å². The molecule has 2 rings (SSSR count). The van der Waals surface area contributed by atoms with Crippen LogP contribution in [0.1, 0.15) is 25.1 Å². The lowest BCUT2D eigenvalue weighted by Crippen LogP contribution is -2.07. The summed E-state index contributed by atoms with van der Waals surface area (Å²) in [4.78, 5) is 0. The van der Waals surface area contributed by atoms with Gasteiger partial charge in [0.2, 0.25) is 0 Å². The molecule has 2 aromatic rings. The molecule has 3 nitrogen and oxygen atoms in total. The lowest BCUT2D eigenvalue weighted by Gasteiger charge is -2.09. The summed E-state index contributed by atoms with van der Waals surface area (Å²) < 4.78 is 7.17. The van der Waals surface area contributed by atoms with Crippen LogP contribution in [-0.4, -0.2) is 16.9 Å². The summed E-state index contributed by atoms with van der Waals surface area (Å²) in [5.41, 5.74) is 2.39. The predicted molar refractivity (Wildman–Crippen MR) is 72.6 cm³/mol. The van der Waals surface area contributed by atoms with Gasteiger partial charge in [0.15, 0.2) is 0 Å². The van der Waals surface area contributed by atoms with Gasteiger partial charge in [0.05, 0.1) is 13.7 Å². The molecule has 1 heterocycles. The summed E-state index contributed by atoms with van der Waals surface area (Å²) in [5, 5.41) is 4.36. The van der Waals surface area contributed by atoms with Crippen LogP contribution in [0, 0.1) is 12.3 Å². The summed E-state index contributed by atoms with van der Waals surface area (Å²) >= 11 is 0. The Bertz CT molecular complexity index is 485. The molecule has 0 aliphatic carbocycles. The Balaban J connectivity index is 2.10. The van der Waals surface area contributed by atoms with Crippen LogP contribution >= 0.6 is 0 Å². The molecule has 0 N–H and O–H groups in total. The van der Waals surface area contributed by atoms with Crippen LogP contribution in [0.2, 0.25) is 0 Å². The number of methoxy groups -OCH3 is 1. The third kappa shape index (κ3) is 3.13. The third-order valence-electron chi connectivity index (χ3n) is 2.74. The second-order valence-corrected chi connectivity index (χ2v) is 4.67. The van der Waals surface area contributed by atoms with Crippen molar-refractivity contribution in [2.75, 3.05) is 7.11 Å². The number of benzene rings is 1. The zero-order valence-corrected chi connectivity index (χ0v) is 11.1. The van der Waals surface area contributed by atoms with Crippen LogP contribution in [0.3, 0.4) is 0 Å². The Labute approximate surface area is 108 Å². The first-order valence-electron chi connectivity index (χ1n) is 6.18. The average Bonchev–Trinajstić information content (AvgIpc) is 2.77. The third-order valence-corrected chi connectivity index (χ3v) is 2.74. The van der Waals surface area contributed by atoms with E-state index < -0.39 is 0 Å². The molecule has 0 aliphatic heterocycles. The second-order valence-electron chi connectivity index (χ2n) is 4.67. The quantitative estimate of drug-likeness (QED) is 0.806. The molecule has 0 saturated heterocycles. The van der Waals surface area contributed by atoms with Crippen molar-refractivity contribution in [1.82, 2.24) is 9.78 Å². The fourth-order valence-corrected chi connectivity index (χ4v) is 1.86. The van der Waals surface area contributed by atoms with Gasteiger partial charge in [-0.25, -0.2) is 0 Å². The maximum atomic E-state index is 5.15. The molecule has 0 bridgehead atoms. The minimum Gasteiger partial charge on any atom is -0.497 e. The fourth-order valence-electron chi connectivity index (χ4n) is 1.86. The molecule has 1 aromatic heterocycles. The highest BCUT2D eigenvalue weighted by Gasteiger charge is 2.06. The Hall–Kier alpha value is -1.77. The molecular weight excluding hydrogens is 224 g/mol. The maximum Gasteiger partial charge on any atom is 0.118 e. The van der Waals surface area contributed by atoms with Crippen LogP contribution in [0.15, 0.2) is 36.5 Å². The van der Waals surface area contributed by atoms with E-state index in [9.17, 15) is 0 Å². The van der Waals surface area contributed by atoms with E-state index in [2.05, 4.69) is 37.5 Å². The van der Waals surface area contributed by atoms with Gasteiger partial charge in [0.1, 0.15) is 5.75 Å². The molecule has 18 heavy (non-hydrogen) atoms. The second kappa shape index (κ2) is 5.71. The van der Waals surface area contributed by atoms with Crippen LogP contribution in [0.4, 0.5) is 0 Å². The van der Waals surface area contributed by atoms with Crippen molar-refractivity contribution in [2.24, 2.45) is 5.92 Å². The van der Waals surface area contributed by atoms with Crippen LogP contribution < -0.4 is 4.74 Å². The average molecular weight is 243 g/mol. The first-order chi connectivity index (χ1) is 8.69. The number of ether oxygens (including phenoxy) is 1. The van der Waals surface area contributed by atoms with Gasteiger partial charge in [-0.05, 0) is 29.7 Å². The SMILES string of the molecule is COc1ccc(Cn2nccc2[CH]C(C)C)cc1. The Kier molecular flexibility index (Phi) is 4.03. The zero-order valence-electron chi connectivity index (χ0n) is 11.1. The number of aromatic nitrogens is 2. The molecule has 3 heteroatoms. The molecule has 0 spiro atoms. The molecular formula is C15H19N2O. The van der Waals surface area contributed by atoms with Gasteiger partial charge in [-0.15, -0.1) is 0 Å². The van der Waals surface area contributed by atoms with Gasteiger partial charge in [0, 0.05) is 18.3 Å². The van der Waals surface area contributed by atoms with Crippen molar-refractivity contribution < 1.29 is 4.74 Å². The minimum atomic E-state index is 0.524. The van der Waals surface area contributed by atoms with Crippen LogP contribution in [0.5, 0.6) is 5.75 Å². The number of rotatable bonds is 5. The van der Waals surface area contributed by atoms with Crippen LogP contribution in [0.25, 0.3) is 0 Å². The number of hydrogen-bond donors (Lipinski definition) is 0. The summed E-state index contributed by atoms with van der Waals surface area (Å²) in [6.45, 7) is 5.13. The van der Waals surface area contributed by atoms with Crippen molar-refractivity contribution in [1.29, 1.82) is 0 Å². The van der Waals surface area contributed by atoms with E-state index in [1.807, 2.05) is 29.1 Å². The smallest absolute Gasteiger partial charge is 0.118 e. The van der Waals surface area contributed by atoms with E-state index in [4.69, 9.17) is 4.74 Å². The maximum absolute atomic E-state index is 5.15. The van der Waals surface area contributed by atoms with E-state index in [1.165, 1.54) is 11.3 Å².